The molecule has 150 valence electrons. The zero-order valence-electron chi connectivity index (χ0n) is 17.1. The van der Waals surface area contributed by atoms with E-state index < -0.39 is 0 Å². The quantitative estimate of drug-likeness (QED) is 0.770. The molecule has 2 N–H and O–H groups in total. The first-order valence-electron chi connectivity index (χ1n) is 10.0. The number of carbonyl (C=O) groups excluding carboxylic acids is 1. The summed E-state index contributed by atoms with van der Waals surface area (Å²) < 4.78 is 0. The fourth-order valence-electron chi connectivity index (χ4n) is 3.31. The highest BCUT2D eigenvalue weighted by atomic mass is 16.1. The number of rotatable bonds is 7. The van der Waals surface area contributed by atoms with Crippen molar-refractivity contribution in [1.29, 1.82) is 0 Å². The Kier molecular flexibility index (Phi) is 6.87. The van der Waals surface area contributed by atoms with Gasteiger partial charge >= 0.3 is 0 Å². The molecule has 0 unspecified atom stereocenters. The minimum Gasteiger partial charge on any atom is -0.372 e. The number of pyridine rings is 1. The van der Waals surface area contributed by atoms with Crippen LogP contribution in [0, 0.1) is 5.92 Å². The first-order valence-corrected chi connectivity index (χ1v) is 10.0. The molecule has 1 saturated heterocycles. The average molecular weight is 382 g/mol. The Balaban J connectivity index is 1.58. The van der Waals surface area contributed by atoms with Crippen LogP contribution in [0.2, 0.25) is 0 Å². The Morgan fingerprint density at radius 3 is 2.54 bits per heavy atom. The zero-order valence-corrected chi connectivity index (χ0v) is 17.1. The third-order valence-corrected chi connectivity index (χ3v) is 5.14. The molecule has 1 aliphatic heterocycles. The number of piperidine rings is 1. The third kappa shape index (κ3) is 5.70. The van der Waals surface area contributed by atoms with Crippen LogP contribution in [0.25, 0.3) is 0 Å². The Bertz CT molecular complexity index is 767. The Hall–Kier alpha value is -2.60. The Labute approximate surface area is 167 Å². The molecule has 2 aromatic rings. The molecule has 3 rings (SSSR count). The minimum absolute atomic E-state index is 0.153. The smallest absolute Gasteiger partial charge is 0.269 e. The van der Waals surface area contributed by atoms with Gasteiger partial charge in [-0.1, -0.05) is 6.92 Å². The number of nitrogens with one attached hydrogen (secondary N) is 2. The molecule has 0 atom stereocenters. The molecule has 1 aromatic heterocycles. The summed E-state index contributed by atoms with van der Waals surface area (Å²) in [4.78, 5) is 20.9. The van der Waals surface area contributed by atoms with Crippen molar-refractivity contribution < 1.29 is 4.79 Å². The van der Waals surface area contributed by atoms with Crippen molar-refractivity contribution in [3.8, 4) is 0 Å². The highest BCUT2D eigenvalue weighted by Gasteiger charge is 2.15. The molecule has 6 heteroatoms. The fraction of sp³-hybridized carbons (Fsp3) is 0.455. The normalized spacial score (nSPS) is 14.9. The molecular formula is C22H31N5O. The minimum atomic E-state index is -0.153. The maximum Gasteiger partial charge on any atom is 0.269 e. The average Bonchev–Trinajstić information content (AvgIpc) is 2.69. The van der Waals surface area contributed by atoms with Crippen LogP contribution >= 0.6 is 0 Å². The monoisotopic (exact) mass is 381 g/mol. The van der Waals surface area contributed by atoms with E-state index in [9.17, 15) is 4.79 Å². The van der Waals surface area contributed by atoms with Crippen LogP contribution < -0.4 is 15.5 Å². The molecule has 28 heavy (non-hydrogen) atoms. The maximum absolute atomic E-state index is 12.2. The van der Waals surface area contributed by atoms with E-state index in [4.69, 9.17) is 0 Å². The number of carbonyl (C=O) groups is 1. The summed E-state index contributed by atoms with van der Waals surface area (Å²) in [6.45, 7) is 5.99. The summed E-state index contributed by atoms with van der Waals surface area (Å²) in [6, 6.07) is 12.2. The molecule has 0 spiro atoms. The van der Waals surface area contributed by atoms with Gasteiger partial charge in [-0.25, -0.2) is 0 Å². The lowest BCUT2D eigenvalue weighted by molar-refractivity contribution is 0.0946. The highest BCUT2D eigenvalue weighted by Crippen LogP contribution is 2.25. The molecular weight excluding hydrogens is 350 g/mol. The van der Waals surface area contributed by atoms with Gasteiger partial charge in [0.05, 0.1) is 0 Å². The molecule has 2 heterocycles. The third-order valence-electron chi connectivity index (χ3n) is 5.14. The number of nitrogens with zero attached hydrogens (tertiary/aromatic N) is 3. The van der Waals surface area contributed by atoms with Crippen molar-refractivity contribution in [1.82, 2.24) is 15.2 Å². The zero-order chi connectivity index (χ0) is 19.9. The highest BCUT2D eigenvalue weighted by molar-refractivity contribution is 5.93. The number of benzene rings is 1. The molecule has 1 aliphatic rings. The molecule has 0 bridgehead atoms. The van der Waals surface area contributed by atoms with Crippen molar-refractivity contribution >= 4 is 23.0 Å². The summed E-state index contributed by atoms with van der Waals surface area (Å²) in [5.41, 5.74) is 3.54. The SMILES string of the molecule is CC1CCN(c2ccc(Nc3ccnc(C(=O)NCCN(C)C)c3)cc2)CC1. The molecule has 0 saturated carbocycles. The van der Waals surface area contributed by atoms with Gasteiger partial charge in [-0.3, -0.25) is 9.78 Å². The lowest BCUT2D eigenvalue weighted by atomic mass is 9.99. The van der Waals surface area contributed by atoms with Gasteiger partial charge in [-0.2, -0.15) is 0 Å². The lowest BCUT2D eigenvalue weighted by Crippen LogP contribution is -2.32. The van der Waals surface area contributed by atoms with Gasteiger partial charge in [-0.05, 0) is 69.3 Å². The number of likely N-dealkylation sites (N-methyl/N-ethyl adjacent to an activating group) is 1. The first-order chi connectivity index (χ1) is 13.5. The second-order valence-electron chi connectivity index (χ2n) is 7.83. The topological polar surface area (TPSA) is 60.5 Å². The molecule has 1 amide bonds. The first kappa shape index (κ1) is 20.1. The van der Waals surface area contributed by atoms with Crippen molar-refractivity contribution in [3.05, 3.63) is 48.3 Å². The molecule has 0 aliphatic carbocycles. The second-order valence-corrected chi connectivity index (χ2v) is 7.83. The standard InChI is InChI=1S/C22H31N5O/c1-17-9-13-27(14-10-17)20-6-4-18(5-7-20)25-19-8-11-23-21(16-19)22(28)24-12-15-26(2)3/h4-8,11,16-17H,9-10,12-15H2,1-3H3,(H,23,25)(H,24,28). The van der Waals surface area contributed by atoms with E-state index in [0.717, 1.165) is 36.9 Å². The van der Waals surface area contributed by atoms with E-state index in [1.165, 1.54) is 18.5 Å². The van der Waals surface area contributed by atoms with Gasteiger partial charge in [0, 0.05) is 49.4 Å². The molecule has 1 fully saturated rings. The fourth-order valence-corrected chi connectivity index (χ4v) is 3.31. The van der Waals surface area contributed by atoms with Crippen molar-refractivity contribution in [2.75, 3.05) is 50.5 Å². The van der Waals surface area contributed by atoms with Crippen LogP contribution in [0.15, 0.2) is 42.6 Å². The van der Waals surface area contributed by atoms with E-state index in [0.29, 0.717) is 12.2 Å². The summed E-state index contributed by atoms with van der Waals surface area (Å²) in [6.07, 6.45) is 4.18. The summed E-state index contributed by atoms with van der Waals surface area (Å²) >= 11 is 0. The maximum atomic E-state index is 12.2. The van der Waals surface area contributed by atoms with Crippen LogP contribution in [0.3, 0.4) is 0 Å². The van der Waals surface area contributed by atoms with Gasteiger partial charge in [0.1, 0.15) is 5.69 Å². The van der Waals surface area contributed by atoms with Crippen molar-refractivity contribution in [2.45, 2.75) is 19.8 Å². The molecule has 1 aromatic carbocycles. The number of amides is 1. The molecule has 6 nitrogen and oxygen atoms in total. The van der Waals surface area contributed by atoms with Gasteiger partial charge in [-0.15, -0.1) is 0 Å². The van der Waals surface area contributed by atoms with Gasteiger partial charge < -0.3 is 20.4 Å². The largest absolute Gasteiger partial charge is 0.372 e. The number of aromatic nitrogens is 1. The molecule has 0 radical (unpaired) electrons. The summed E-state index contributed by atoms with van der Waals surface area (Å²) in [5.74, 6) is 0.679. The van der Waals surface area contributed by atoms with Gasteiger partial charge in [0.15, 0.2) is 0 Å². The van der Waals surface area contributed by atoms with Crippen LogP contribution in [-0.4, -0.2) is 56.1 Å². The summed E-state index contributed by atoms with van der Waals surface area (Å²) in [5, 5.41) is 6.26. The number of hydrogen-bond donors (Lipinski definition) is 2. The predicted octanol–water partition coefficient (Wildman–Crippen LogP) is 3.35. The van der Waals surface area contributed by atoms with Crippen LogP contribution in [0.5, 0.6) is 0 Å². The van der Waals surface area contributed by atoms with E-state index >= 15 is 0 Å². The van der Waals surface area contributed by atoms with E-state index in [2.05, 4.69) is 51.7 Å². The van der Waals surface area contributed by atoms with Crippen LogP contribution in [0.4, 0.5) is 17.1 Å². The van der Waals surface area contributed by atoms with Crippen molar-refractivity contribution in [3.63, 3.8) is 0 Å². The lowest BCUT2D eigenvalue weighted by Gasteiger charge is -2.32. The predicted molar refractivity (Wildman–Crippen MR) is 115 cm³/mol. The van der Waals surface area contributed by atoms with E-state index in [-0.39, 0.29) is 5.91 Å². The summed E-state index contributed by atoms with van der Waals surface area (Å²) in [7, 11) is 3.96. The Morgan fingerprint density at radius 2 is 1.86 bits per heavy atom. The van der Waals surface area contributed by atoms with Crippen molar-refractivity contribution in [2.24, 2.45) is 5.92 Å². The Morgan fingerprint density at radius 1 is 1.14 bits per heavy atom. The van der Waals surface area contributed by atoms with Gasteiger partial charge in [0.25, 0.3) is 5.91 Å². The van der Waals surface area contributed by atoms with Crippen LogP contribution in [-0.2, 0) is 0 Å². The van der Waals surface area contributed by atoms with E-state index in [1.807, 2.05) is 25.1 Å². The van der Waals surface area contributed by atoms with Gasteiger partial charge in [0.2, 0.25) is 0 Å². The second kappa shape index (κ2) is 9.55. The number of hydrogen-bond acceptors (Lipinski definition) is 5. The number of anilines is 3. The van der Waals surface area contributed by atoms with E-state index in [1.54, 1.807) is 12.3 Å². The van der Waals surface area contributed by atoms with Crippen LogP contribution in [0.1, 0.15) is 30.3 Å².